The minimum atomic E-state index is -0.420. The smallest absolute Gasteiger partial charge is 0.263 e. The second-order valence-corrected chi connectivity index (χ2v) is 5.39. The normalized spacial score (nSPS) is 10.7. The van der Waals surface area contributed by atoms with Gasteiger partial charge in [-0.25, -0.2) is 4.98 Å². The number of aromatic nitrogens is 1. The SMILES string of the molecule is COc1ccc(CCNC(=O)/C(C#N)=C\Nc2cc(C)ccn2)cc1. The first-order valence-corrected chi connectivity index (χ1v) is 7.83. The first-order valence-electron chi connectivity index (χ1n) is 7.83. The van der Waals surface area contributed by atoms with Crippen molar-refractivity contribution in [3.63, 3.8) is 0 Å². The summed E-state index contributed by atoms with van der Waals surface area (Å²) < 4.78 is 5.10. The molecule has 0 aliphatic rings. The molecule has 2 rings (SSSR count). The zero-order valence-electron chi connectivity index (χ0n) is 14.2. The van der Waals surface area contributed by atoms with E-state index in [1.807, 2.05) is 49.4 Å². The van der Waals surface area contributed by atoms with Gasteiger partial charge in [-0.15, -0.1) is 0 Å². The molecule has 0 saturated carbocycles. The van der Waals surface area contributed by atoms with Crippen LogP contribution in [0.25, 0.3) is 0 Å². The third kappa shape index (κ3) is 5.66. The highest BCUT2D eigenvalue weighted by atomic mass is 16.5. The number of carbonyl (C=O) groups excluding carboxylic acids is 1. The molecule has 25 heavy (non-hydrogen) atoms. The Balaban J connectivity index is 1.86. The van der Waals surface area contributed by atoms with Gasteiger partial charge in [0.2, 0.25) is 0 Å². The number of carbonyl (C=O) groups is 1. The molecule has 0 aliphatic heterocycles. The molecule has 6 heteroatoms. The van der Waals surface area contributed by atoms with Crippen molar-refractivity contribution < 1.29 is 9.53 Å². The molecule has 128 valence electrons. The van der Waals surface area contributed by atoms with E-state index < -0.39 is 5.91 Å². The monoisotopic (exact) mass is 336 g/mol. The molecule has 0 radical (unpaired) electrons. The van der Waals surface area contributed by atoms with Crippen molar-refractivity contribution in [1.29, 1.82) is 5.26 Å². The molecule has 0 unspecified atom stereocenters. The third-order valence-electron chi connectivity index (χ3n) is 3.50. The van der Waals surface area contributed by atoms with Crippen molar-refractivity contribution in [3.8, 4) is 11.8 Å². The Morgan fingerprint density at radius 1 is 1.32 bits per heavy atom. The number of hydrogen-bond donors (Lipinski definition) is 2. The predicted molar refractivity (Wildman–Crippen MR) is 96.0 cm³/mol. The van der Waals surface area contributed by atoms with E-state index in [2.05, 4.69) is 15.6 Å². The summed E-state index contributed by atoms with van der Waals surface area (Å²) in [6.45, 7) is 2.38. The van der Waals surface area contributed by atoms with Gasteiger partial charge in [-0.1, -0.05) is 12.1 Å². The van der Waals surface area contributed by atoms with Gasteiger partial charge in [0.15, 0.2) is 0 Å². The highest BCUT2D eigenvalue weighted by molar-refractivity contribution is 5.97. The minimum absolute atomic E-state index is 0.00182. The third-order valence-corrected chi connectivity index (χ3v) is 3.50. The zero-order chi connectivity index (χ0) is 18.1. The average molecular weight is 336 g/mol. The largest absolute Gasteiger partial charge is 0.497 e. The second-order valence-electron chi connectivity index (χ2n) is 5.39. The number of nitrogens with zero attached hydrogens (tertiary/aromatic N) is 2. The lowest BCUT2D eigenvalue weighted by Crippen LogP contribution is -2.27. The number of hydrogen-bond acceptors (Lipinski definition) is 5. The van der Waals surface area contributed by atoms with Gasteiger partial charge >= 0.3 is 0 Å². The molecule has 0 bridgehead atoms. The fourth-order valence-corrected chi connectivity index (χ4v) is 2.12. The molecule has 2 aromatic rings. The van der Waals surface area contributed by atoms with E-state index in [0.29, 0.717) is 18.8 Å². The predicted octanol–water partition coefficient (Wildman–Crippen LogP) is 2.58. The molecule has 0 saturated heterocycles. The van der Waals surface area contributed by atoms with Gasteiger partial charge in [0, 0.05) is 18.9 Å². The van der Waals surface area contributed by atoms with Crippen molar-refractivity contribution in [3.05, 3.63) is 65.5 Å². The van der Waals surface area contributed by atoms with Crippen molar-refractivity contribution in [2.24, 2.45) is 0 Å². The number of nitriles is 1. The van der Waals surface area contributed by atoms with Gasteiger partial charge in [-0.2, -0.15) is 5.26 Å². The zero-order valence-corrected chi connectivity index (χ0v) is 14.2. The molecule has 0 spiro atoms. The van der Waals surface area contributed by atoms with Gasteiger partial charge < -0.3 is 15.4 Å². The van der Waals surface area contributed by atoms with Crippen LogP contribution in [0.15, 0.2) is 54.4 Å². The lowest BCUT2D eigenvalue weighted by Gasteiger charge is -2.06. The Bertz CT molecular complexity index is 792. The van der Waals surface area contributed by atoms with E-state index in [-0.39, 0.29) is 5.57 Å². The molecule has 1 amide bonds. The lowest BCUT2D eigenvalue weighted by molar-refractivity contribution is -0.117. The van der Waals surface area contributed by atoms with Crippen LogP contribution < -0.4 is 15.4 Å². The van der Waals surface area contributed by atoms with E-state index >= 15 is 0 Å². The Hall–Kier alpha value is -3.33. The maximum Gasteiger partial charge on any atom is 0.263 e. The maximum atomic E-state index is 12.1. The van der Waals surface area contributed by atoms with E-state index in [9.17, 15) is 4.79 Å². The first kappa shape index (κ1) is 18.0. The number of rotatable bonds is 7. The van der Waals surface area contributed by atoms with Crippen LogP contribution in [0.3, 0.4) is 0 Å². The topological polar surface area (TPSA) is 87.0 Å². The van der Waals surface area contributed by atoms with Crippen LogP contribution in [-0.4, -0.2) is 24.5 Å². The number of anilines is 1. The average Bonchev–Trinajstić information content (AvgIpc) is 2.63. The number of pyridine rings is 1. The van der Waals surface area contributed by atoms with Gasteiger partial charge in [-0.05, 0) is 48.7 Å². The van der Waals surface area contributed by atoms with Crippen LogP contribution in [0.2, 0.25) is 0 Å². The summed E-state index contributed by atoms with van der Waals surface area (Å²) in [5.74, 6) is 0.952. The van der Waals surface area contributed by atoms with E-state index in [0.717, 1.165) is 16.9 Å². The highest BCUT2D eigenvalue weighted by Gasteiger charge is 2.08. The molecule has 0 fully saturated rings. The maximum absolute atomic E-state index is 12.1. The summed E-state index contributed by atoms with van der Waals surface area (Å²) in [6, 6.07) is 13.2. The van der Waals surface area contributed by atoms with Crippen molar-refractivity contribution in [2.75, 3.05) is 19.0 Å². The Labute approximate surface area is 147 Å². The summed E-state index contributed by atoms with van der Waals surface area (Å²) >= 11 is 0. The van der Waals surface area contributed by atoms with Crippen LogP contribution in [0.4, 0.5) is 5.82 Å². The summed E-state index contributed by atoms with van der Waals surface area (Å²) in [5.41, 5.74) is 2.11. The van der Waals surface area contributed by atoms with Crippen molar-refractivity contribution in [1.82, 2.24) is 10.3 Å². The van der Waals surface area contributed by atoms with E-state index in [1.54, 1.807) is 13.3 Å². The second kappa shape index (κ2) is 9.08. The summed E-state index contributed by atoms with van der Waals surface area (Å²) in [7, 11) is 1.62. The standard InChI is InChI=1S/C19H20N4O2/c1-14-7-9-21-18(11-14)23-13-16(12-20)19(24)22-10-8-15-3-5-17(25-2)6-4-15/h3-7,9,11,13H,8,10H2,1-2H3,(H,21,23)(H,22,24)/b16-13-. The summed E-state index contributed by atoms with van der Waals surface area (Å²) in [4.78, 5) is 16.2. The van der Waals surface area contributed by atoms with E-state index in [1.165, 1.54) is 6.20 Å². The fraction of sp³-hybridized carbons (Fsp3) is 0.211. The van der Waals surface area contributed by atoms with Crippen LogP contribution >= 0.6 is 0 Å². The van der Waals surface area contributed by atoms with E-state index in [4.69, 9.17) is 10.00 Å². The summed E-state index contributed by atoms with van der Waals surface area (Å²) in [6.07, 6.45) is 3.69. The number of nitrogens with one attached hydrogen (secondary N) is 2. The van der Waals surface area contributed by atoms with Crippen LogP contribution in [-0.2, 0) is 11.2 Å². The number of ether oxygens (including phenoxy) is 1. The molecule has 0 aliphatic carbocycles. The Morgan fingerprint density at radius 2 is 2.08 bits per heavy atom. The molecular weight excluding hydrogens is 316 g/mol. The lowest BCUT2D eigenvalue weighted by atomic mass is 10.1. The molecular formula is C19H20N4O2. The number of methoxy groups -OCH3 is 1. The molecule has 6 nitrogen and oxygen atoms in total. The highest BCUT2D eigenvalue weighted by Crippen LogP contribution is 2.11. The van der Waals surface area contributed by atoms with Gasteiger partial charge in [0.05, 0.1) is 7.11 Å². The minimum Gasteiger partial charge on any atom is -0.497 e. The number of aryl methyl sites for hydroxylation is 1. The van der Waals surface area contributed by atoms with Crippen molar-refractivity contribution >= 4 is 11.7 Å². The van der Waals surface area contributed by atoms with Crippen LogP contribution in [0.5, 0.6) is 5.75 Å². The Kier molecular flexibility index (Phi) is 6.55. The first-order chi connectivity index (χ1) is 12.1. The number of amides is 1. The van der Waals surface area contributed by atoms with Gasteiger partial charge in [0.25, 0.3) is 5.91 Å². The van der Waals surface area contributed by atoms with Crippen LogP contribution in [0.1, 0.15) is 11.1 Å². The quantitative estimate of drug-likeness (QED) is 0.599. The molecule has 0 atom stereocenters. The molecule has 1 aromatic carbocycles. The van der Waals surface area contributed by atoms with Crippen LogP contribution in [0, 0.1) is 18.3 Å². The fourth-order valence-electron chi connectivity index (χ4n) is 2.12. The molecule has 2 N–H and O–H groups in total. The van der Waals surface area contributed by atoms with Gasteiger partial charge in [0.1, 0.15) is 23.2 Å². The number of benzene rings is 1. The van der Waals surface area contributed by atoms with Gasteiger partial charge in [-0.3, -0.25) is 4.79 Å². The Morgan fingerprint density at radius 3 is 2.72 bits per heavy atom. The van der Waals surface area contributed by atoms with Crippen molar-refractivity contribution in [2.45, 2.75) is 13.3 Å². The molecule has 1 aromatic heterocycles. The molecule has 1 heterocycles. The summed E-state index contributed by atoms with van der Waals surface area (Å²) in [5, 5.41) is 14.8.